The largest absolute Gasteiger partial charge is 0.381 e. The van der Waals surface area contributed by atoms with Crippen LogP contribution in [-0.4, -0.2) is 49.7 Å². The number of hydrogen-bond donors (Lipinski definition) is 1. The summed E-state index contributed by atoms with van der Waals surface area (Å²) in [4.78, 5) is 14.6. The number of nitrogens with one attached hydrogen (secondary N) is 1. The Balaban J connectivity index is 1.67. The molecule has 19 heavy (non-hydrogen) atoms. The first-order valence-electron chi connectivity index (χ1n) is 7.51. The van der Waals surface area contributed by atoms with Gasteiger partial charge in [-0.3, -0.25) is 4.79 Å². The van der Waals surface area contributed by atoms with E-state index in [0.29, 0.717) is 12.6 Å². The number of carbonyl (C=O) groups excluding carboxylic acids is 1. The number of carbonyl (C=O) groups is 1. The van der Waals surface area contributed by atoms with Gasteiger partial charge >= 0.3 is 0 Å². The molecule has 0 aromatic rings. The zero-order valence-corrected chi connectivity index (χ0v) is 11.8. The molecule has 0 unspecified atom stereocenters. The van der Waals surface area contributed by atoms with E-state index < -0.39 is 0 Å². The lowest BCUT2D eigenvalue weighted by Gasteiger charge is -2.33. The average Bonchev–Trinajstić information content (AvgIpc) is 2.47. The molecule has 2 fully saturated rings. The predicted molar refractivity (Wildman–Crippen MR) is 76.0 cm³/mol. The Bertz CT molecular complexity index is 293. The monoisotopic (exact) mass is 266 g/mol. The van der Waals surface area contributed by atoms with Crippen molar-refractivity contribution >= 4 is 5.91 Å². The third-order valence-corrected chi connectivity index (χ3v) is 4.11. The second kappa shape index (κ2) is 7.65. The van der Waals surface area contributed by atoms with E-state index in [2.05, 4.69) is 16.8 Å². The first kappa shape index (κ1) is 14.5. The van der Waals surface area contributed by atoms with Gasteiger partial charge in [0.25, 0.3) is 0 Å². The van der Waals surface area contributed by atoms with Crippen molar-refractivity contribution in [1.29, 1.82) is 0 Å². The molecule has 4 heteroatoms. The van der Waals surface area contributed by atoms with Crippen molar-refractivity contribution in [1.82, 2.24) is 10.2 Å². The maximum atomic E-state index is 12.1. The highest BCUT2D eigenvalue weighted by Gasteiger charge is 2.25. The lowest BCUT2D eigenvalue weighted by Crippen LogP contribution is -2.47. The normalized spacial score (nSPS) is 26.0. The Labute approximate surface area is 116 Å². The van der Waals surface area contributed by atoms with E-state index in [0.717, 1.165) is 58.3 Å². The lowest BCUT2D eigenvalue weighted by atomic mass is 9.99. The zero-order valence-electron chi connectivity index (χ0n) is 11.8. The Morgan fingerprint density at radius 1 is 1.37 bits per heavy atom. The molecular formula is C15H26N2O2. The fourth-order valence-corrected chi connectivity index (χ4v) is 2.84. The molecule has 0 bridgehead atoms. The Morgan fingerprint density at radius 2 is 2.16 bits per heavy atom. The van der Waals surface area contributed by atoms with Crippen LogP contribution < -0.4 is 5.32 Å². The summed E-state index contributed by atoms with van der Waals surface area (Å²) in [6, 6.07) is 0.356. The first-order chi connectivity index (χ1) is 9.29. The standard InChI is InChI=1S/C15H26N2O2/c1-2-3-8-17-9-6-14(7-10-17)16-15(18)13-5-4-11-19-12-13/h2,13-14H,1,3-12H2,(H,16,18)/t13-/m0/s1. The van der Waals surface area contributed by atoms with E-state index >= 15 is 0 Å². The van der Waals surface area contributed by atoms with Crippen LogP contribution >= 0.6 is 0 Å². The third-order valence-electron chi connectivity index (χ3n) is 4.11. The highest BCUT2D eigenvalue weighted by atomic mass is 16.5. The third kappa shape index (κ3) is 4.62. The van der Waals surface area contributed by atoms with E-state index in [4.69, 9.17) is 4.74 Å². The molecule has 2 aliphatic rings. The van der Waals surface area contributed by atoms with E-state index in [1.54, 1.807) is 0 Å². The second-order valence-corrected chi connectivity index (χ2v) is 5.62. The minimum absolute atomic E-state index is 0.0764. The molecule has 0 aromatic carbocycles. The molecule has 2 saturated heterocycles. The summed E-state index contributed by atoms with van der Waals surface area (Å²) >= 11 is 0. The molecular weight excluding hydrogens is 240 g/mol. The van der Waals surface area contributed by atoms with Crippen LogP contribution in [0.5, 0.6) is 0 Å². The van der Waals surface area contributed by atoms with Crippen LogP contribution in [0.25, 0.3) is 0 Å². The average molecular weight is 266 g/mol. The van der Waals surface area contributed by atoms with Gasteiger partial charge in [-0.15, -0.1) is 6.58 Å². The highest BCUT2D eigenvalue weighted by Crippen LogP contribution is 2.16. The SMILES string of the molecule is C=CCCN1CCC(NC(=O)[C@H]2CCCOC2)CC1. The van der Waals surface area contributed by atoms with Crippen LogP contribution in [0, 0.1) is 5.92 Å². The van der Waals surface area contributed by atoms with Gasteiger partial charge in [-0.1, -0.05) is 6.08 Å². The van der Waals surface area contributed by atoms with Gasteiger partial charge in [0.2, 0.25) is 5.91 Å². The fourth-order valence-electron chi connectivity index (χ4n) is 2.84. The molecule has 0 spiro atoms. The molecule has 2 rings (SSSR count). The maximum absolute atomic E-state index is 12.1. The van der Waals surface area contributed by atoms with Gasteiger partial charge in [0.1, 0.15) is 0 Å². The molecule has 1 amide bonds. The number of ether oxygens (including phenoxy) is 1. The maximum Gasteiger partial charge on any atom is 0.225 e. The first-order valence-corrected chi connectivity index (χ1v) is 7.51. The van der Waals surface area contributed by atoms with Crippen molar-refractivity contribution in [3.63, 3.8) is 0 Å². The second-order valence-electron chi connectivity index (χ2n) is 5.62. The smallest absolute Gasteiger partial charge is 0.225 e. The number of nitrogens with zero attached hydrogens (tertiary/aromatic N) is 1. The van der Waals surface area contributed by atoms with Crippen molar-refractivity contribution in [3.05, 3.63) is 12.7 Å². The quantitative estimate of drug-likeness (QED) is 0.768. The van der Waals surface area contributed by atoms with Gasteiger partial charge in [-0.2, -0.15) is 0 Å². The van der Waals surface area contributed by atoms with Crippen LogP contribution in [0.4, 0.5) is 0 Å². The molecule has 108 valence electrons. The molecule has 2 aliphatic heterocycles. The van der Waals surface area contributed by atoms with Crippen molar-refractivity contribution in [3.8, 4) is 0 Å². The molecule has 4 nitrogen and oxygen atoms in total. The minimum Gasteiger partial charge on any atom is -0.381 e. The van der Waals surface area contributed by atoms with E-state index in [1.807, 2.05) is 6.08 Å². The lowest BCUT2D eigenvalue weighted by molar-refractivity contribution is -0.130. The summed E-state index contributed by atoms with van der Waals surface area (Å²) in [5.41, 5.74) is 0. The highest BCUT2D eigenvalue weighted by molar-refractivity contribution is 5.79. The van der Waals surface area contributed by atoms with Crippen molar-refractivity contribution in [2.24, 2.45) is 5.92 Å². The van der Waals surface area contributed by atoms with Gasteiger partial charge in [0, 0.05) is 32.3 Å². The van der Waals surface area contributed by atoms with Crippen molar-refractivity contribution in [2.45, 2.75) is 38.1 Å². The van der Waals surface area contributed by atoms with Crippen molar-refractivity contribution < 1.29 is 9.53 Å². The molecule has 2 heterocycles. The van der Waals surface area contributed by atoms with Gasteiger partial charge in [-0.05, 0) is 32.1 Å². The number of amides is 1. The Morgan fingerprint density at radius 3 is 2.79 bits per heavy atom. The predicted octanol–water partition coefficient (Wildman–Crippen LogP) is 1.57. The van der Waals surface area contributed by atoms with Gasteiger partial charge in [0.05, 0.1) is 12.5 Å². The number of piperidine rings is 1. The number of rotatable bonds is 5. The molecule has 0 aliphatic carbocycles. The topological polar surface area (TPSA) is 41.6 Å². The van der Waals surface area contributed by atoms with Gasteiger partial charge < -0.3 is 15.0 Å². The molecule has 0 saturated carbocycles. The fraction of sp³-hybridized carbons (Fsp3) is 0.800. The van der Waals surface area contributed by atoms with E-state index in [9.17, 15) is 4.79 Å². The summed E-state index contributed by atoms with van der Waals surface area (Å²) in [6.07, 6.45) is 7.14. The number of hydrogen-bond acceptors (Lipinski definition) is 3. The van der Waals surface area contributed by atoms with Gasteiger partial charge in [0.15, 0.2) is 0 Å². The zero-order chi connectivity index (χ0) is 13.5. The Hall–Kier alpha value is -0.870. The van der Waals surface area contributed by atoms with E-state index in [-0.39, 0.29) is 11.8 Å². The molecule has 0 radical (unpaired) electrons. The van der Waals surface area contributed by atoms with Crippen molar-refractivity contribution in [2.75, 3.05) is 32.8 Å². The summed E-state index contributed by atoms with van der Waals surface area (Å²) in [6.45, 7) is 8.43. The summed E-state index contributed by atoms with van der Waals surface area (Å²) in [5, 5.41) is 3.20. The van der Waals surface area contributed by atoms with Crippen LogP contribution in [-0.2, 0) is 9.53 Å². The van der Waals surface area contributed by atoms with Gasteiger partial charge in [-0.25, -0.2) is 0 Å². The number of likely N-dealkylation sites (tertiary alicyclic amines) is 1. The molecule has 1 N–H and O–H groups in total. The van der Waals surface area contributed by atoms with Crippen LogP contribution in [0.15, 0.2) is 12.7 Å². The minimum atomic E-state index is 0.0764. The van der Waals surface area contributed by atoms with Crippen LogP contribution in [0.2, 0.25) is 0 Å². The van der Waals surface area contributed by atoms with E-state index in [1.165, 1.54) is 0 Å². The van der Waals surface area contributed by atoms with Crippen LogP contribution in [0.3, 0.4) is 0 Å². The summed E-state index contributed by atoms with van der Waals surface area (Å²) in [7, 11) is 0. The summed E-state index contributed by atoms with van der Waals surface area (Å²) < 4.78 is 5.38. The van der Waals surface area contributed by atoms with Crippen LogP contribution in [0.1, 0.15) is 32.1 Å². The summed E-state index contributed by atoms with van der Waals surface area (Å²) in [5.74, 6) is 0.275. The Kier molecular flexibility index (Phi) is 5.86. The molecule has 1 atom stereocenters. The molecule has 0 aromatic heterocycles.